The number of hydrogen-bond acceptors (Lipinski definition) is 7. The summed E-state index contributed by atoms with van der Waals surface area (Å²) < 4.78 is 19.3. The molecule has 1 aromatic heterocycles. The van der Waals surface area contributed by atoms with Crippen LogP contribution in [0.1, 0.15) is 26.3 Å². The predicted molar refractivity (Wildman–Crippen MR) is 129 cm³/mol. The third-order valence-electron chi connectivity index (χ3n) is 4.50. The van der Waals surface area contributed by atoms with Crippen LogP contribution in [-0.2, 0) is 9.53 Å². The van der Waals surface area contributed by atoms with Gasteiger partial charge in [0.15, 0.2) is 11.6 Å². The smallest absolute Gasteiger partial charge is 0.221 e. The van der Waals surface area contributed by atoms with Crippen molar-refractivity contribution in [2.75, 3.05) is 18.2 Å². The van der Waals surface area contributed by atoms with Crippen LogP contribution in [0, 0.1) is 0 Å². The molecule has 0 saturated heterocycles. The highest BCUT2D eigenvalue weighted by atomic mass is 19.1. The van der Waals surface area contributed by atoms with Crippen LogP contribution in [-0.4, -0.2) is 28.8 Å². The number of hydrogen-bond donors (Lipinski definition) is 4. The van der Waals surface area contributed by atoms with Gasteiger partial charge in [0, 0.05) is 24.4 Å². The molecule has 1 amide bonds. The van der Waals surface area contributed by atoms with Crippen LogP contribution < -0.4 is 22.7 Å². The lowest BCUT2D eigenvalue weighted by atomic mass is 10.0. The standard InChI is InChI=1S/C23H28FN7O2/c1-5-6-7-20(21(33-4)14(2)24)31(27)23(30-26)19-12-17(13-28-22(19)25)16-8-10-18(11-9-16)29-15(3)32/h5-13H,26-27H2,1-4H3,(H2,25,28)(H,29,32)/b6-5-,20-7+,21-14-,30-23-. The van der Waals surface area contributed by atoms with E-state index < -0.39 is 5.83 Å². The van der Waals surface area contributed by atoms with E-state index >= 15 is 0 Å². The lowest BCUT2D eigenvalue weighted by Crippen LogP contribution is -2.39. The van der Waals surface area contributed by atoms with Gasteiger partial charge in [0.1, 0.15) is 17.3 Å². The number of allylic oxidation sites excluding steroid dienone is 4. The summed E-state index contributed by atoms with van der Waals surface area (Å²) in [6.45, 7) is 4.48. The second-order valence-corrected chi connectivity index (χ2v) is 6.88. The second-order valence-electron chi connectivity index (χ2n) is 6.88. The number of carbonyl (C=O) groups is 1. The number of anilines is 2. The number of halogens is 1. The SMILES string of the molecule is C\C=C/C=C(\C(OC)=C(/C)F)N(N)/C(=N\N)c1cc(-c2ccc(NC(C)=O)cc2)cnc1N. The number of nitrogens with one attached hydrogen (secondary N) is 1. The molecule has 10 heteroatoms. The Bertz CT molecular complexity index is 1120. The van der Waals surface area contributed by atoms with Gasteiger partial charge in [-0.25, -0.2) is 15.2 Å². The van der Waals surface area contributed by atoms with Crippen LogP contribution in [0.2, 0.25) is 0 Å². The van der Waals surface area contributed by atoms with Crippen LogP contribution >= 0.6 is 0 Å². The largest absolute Gasteiger partial charge is 0.492 e. The highest BCUT2D eigenvalue weighted by Gasteiger charge is 2.23. The number of amides is 1. The fourth-order valence-corrected chi connectivity index (χ4v) is 3.01. The first-order valence-electron chi connectivity index (χ1n) is 9.93. The first-order valence-corrected chi connectivity index (χ1v) is 9.93. The maximum Gasteiger partial charge on any atom is 0.221 e. The fourth-order valence-electron chi connectivity index (χ4n) is 3.01. The number of nitrogen functional groups attached to an aromatic ring is 1. The Kier molecular flexibility index (Phi) is 8.70. The summed E-state index contributed by atoms with van der Waals surface area (Å²) >= 11 is 0. The minimum absolute atomic E-state index is 0.0447. The van der Waals surface area contributed by atoms with Gasteiger partial charge in [0.25, 0.3) is 0 Å². The van der Waals surface area contributed by atoms with Crippen LogP contribution in [0.3, 0.4) is 0 Å². The summed E-state index contributed by atoms with van der Waals surface area (Å²) in [5.41, 5.74) is 8.77. The number of hydrazine groups is 1. The number of aromatic nitrogens is 1. The quantitative estimate of drug-likeness (QED) is 0.126. The number of methoxy groups -OCH3 is 1. The molecule has 0 aliphatic carbocycles. The lowest BCUT2D eigenvalue weighted by molar-refractivity contribution is -0.114. The van der Waals surface area contributed by atoms with Crippen molar-refractivity contribution in [3.8, 4) is 11.1 Å². The van der Waals surface area contributed by atoms with E-state index in [2.05, 4.69) is 15.4 Å². The average Bonchev–Trinajstić information content (AvgIpc) is 2.78. The molecule has 2 aromatic rings. The third-order valence-corrected chi connectivity index (χ3v) is 4.50. The molecular weight excluding hydrogens is 425 g/mol. The molecule has 1 aromatic carbocycles. The Hall–Kier alpha value is -4.18. The van der Waals surface area contributed by atoms with Crippen molar-refractivity contribution >= 4 is 23.2 Å². The zero-order valence-electron chi connectivity index (χ0n) is 19.0. The Morgan fingerprint density at radius 1 is 1.24 bits per heavy atom. The van der Waals surface area contributed by atoms with E-state index in [0.717, 1.165) is 10.6 Å². The Labute approximate surface area is 192 Å². The molecule has 174 valence electrons. The van der Waals surface area contributed by atoms with Crippen LogP contribution in [0.15, 0.2) is 77.1 Å². The molecule has 7 N–H and O–H groups in total. The summed E-state index contributed by atoms with van der Waals surface area (Å²) in [6, 6.07) is 8.87. The van der Waals surface area contributed by atoms with E-state index in [-0.39, 0.29) is 29.0 Å². The first-order chi connectivity index (χ1) is 15.7. The van der Waals surface area contributed by atoms with Gasteiger partial charge in [-0.2, -0.15) is 5.10 Å². The van der Waals surface area contributed by atoms with Gasteiger partial charge in [0.2, 0.25) is 5.91 Å². The normalized spacial score (nSPS) is 13.0. The molecule has 0 aliphatic heterocycles. The Morgan fingerprint density at radius 3 is 2.42 bits per heavy atom. The van der Waals surface area contributed by atoms with E-state index in [1.807, 2.05) is 12.1 Å². The molecule has 0 radical (unpaired) electrons. The minimum atomic E-state index is -0.584. The highest BCUT2D eigenvalue weighted by Crippen LogP contribution is 2.27. The second kappa shape index (κ2) is 11.4. The van der Waals surface area contributed by atoms with Gasteiger partial charge < -0.3 is 21.6 Å². The van der Waals surface area contributed by atoms with E-state index in [9.17, 15) is 9.18 Å². The van der Waals surface area contributed by atoms with Gasteiger partial charge in [-0.3, -0.25) is 9.80 Å². The zero-order valence-corrected chi connectivity index (χ0v) is 19.0. The molecule has 0 bridgehead atoms. The highest BCUT2D eigenvalue weighted by molar-refractivity contribution is 6.04. The monoisotopic (exact) mass is 453 g/mol. The molecule has 0 unspecified atom stereocenters. The summed E-state index contributed by atoms with van der Waals surface area (Å²) in [5, 5.41) is 7.58. The van der Waals surface area contributed by atoms with Gasteiger partial charge in [-0.1, -0.05) is 24.3 Å². The summed E-state index contributed by atoms with van der Waals surface area (Å²) in [6.07, 6.45) is 6.56. The van der Waals surface area contributed by atoms with Gasteiger partial charge in [-0.05, 0) is 43.7 Å². The number of carbonyl (C=O) groups excluding carboxylic acids is 1. The number of nitrogens with zero attached hydrogens (tertiary/aromatic N) is 3. The number of nitrogens with two attached hydrogens (primary N) is 3. The minimum Gasteiger partial charge on any atom is -0.492 e. The van der Waals surface area contributed by atoms with E-state index in [4.69, 9.17) is 22.2 Å². The number of amidine groups is 1. The number of pyridine rings is 1. The van der Waals surface area contributed by atoms with Gasteiger partial charge >= 0.3 is 0 Å². The molecule has 0 saturated carbocycles. The molecule has 0 fully saturated rings. The Balaban J connectivity index is 2.53. The van der Waals surface area contributed by atoms with E-state index in [0.29, 0.717) is 16.8 Å². The predicted octanol–water partition coefficient (Wildman–Crippen LogP) is 3.39. The van der Waals surface area contributed by atoms with Crippen LogP contribution in [0.25, 0.3) is 11.1 Å². The maximum atomic E-state index is 14.1. The average molecular weight is 454 g/mol. The van der Waals surface area contributed by atoms with Gasteiger partial charge in [-0.15, -0.1) is 0 Å². The Morgan fingerprint density at radius 2 is 1.91 bits per heavy atom. The molecule has 9 nitrogen and oxygen atoms in total. The third kappa shape index (κ3) is 6.17. The van der Waals surface area contributed by atoms with Crippen LogP contribution in [0.5, 0.6) is 0 Å². The summed E-state index contributed by atoms with van der Waals surface area (Å²) in [5.74, 6) is 11.3. The number of ether oxygens (including phenoxy) is 1. The fraction of sp³-hybridized carbons (Fsp3) is 0.174. The van der Waals surface area contributed by atoms with Crippen molar-refractivity contribution in [3.05, 3.63) is 77.6 Å². The number of rotatable bonds is 7. The maximum absolute atomic E-state index is 14.1. The molecule has 2 rings (SSSR count). The first kappa shape index (κ1) is 25.1. The van der Waals surface area contributed by atoms with Crippen molar-refractivity contribution < 1.29 is 13.9 Å². The topological polar surface area (TPSA) is 145 Å². The van der Waals surface area contributed by atoms with Crippen molar-refractivity contribution in [2.45, 2.75) is 20.8 Å². The summed E-state index contributed by atoms with van der Waals surface area (Å²) in [4.78, 5) is 15.5. The number of hydrazone groups is 1. The molecular formula is C23H28FN7O2. The van der Waals surface area contributed by atoms with Crippen molar-refractivity contribution in [1.82, 2.24) is 9.99 Å². The molecule has 0 aliphatic rings. The summed E-state index contributed by atoms with van der Waals surface area (Å²) in [7, 11) is 1.33. The van der Waals surface area contributed by atoms with Crippen LogP contribution in [0.4, 0.5) is 15.9 Å². The van der Waals surface area contributed by atoms with E-state index in [1.165, 1.54) is 21.0 Å². The molecule has 0 spiro atoms. The van der Waals surface area contributed by atoms with Crippen molar-refractivity contribution in [3.63, 3.8) is 0 Å². The molecule has 1 heterocycles. The zero-order chi connectivity index (χ0) is 24.5. The lowest BCUT2D eigenvalue weighted by Gasteiger charge is -2.25. The molecule has 33 heavy (non-hydrogen) atoms. The number of benzene rings is 1. The molecule has 0 atom stereocenters. The van der Waals surface area contributed by atoms with Crippen molar-refractivity contribution in [2.24, 2.45) is 16.8 Å². The van der Waals surface area contributed by atoms with E-state index in [1.54, 1.807) is 49.5 Å². The van der Waals surface area contributed by atoms with Crippen molar-refractivity contribution in [1.29, 1.82) is 0 Å². The van der Waals surface area contributed by atoms with Gasteiger partial charge in [0.05, 0.1) is 12.7 Å².